The van der Waals surface area contributed by atoms with Crippen LogP contribution in [0.3, 0.4) is 0 Å². The molecule has 0 spiro atoms. The summed E-state index contributed by atoms with van der Waals surface area (Å²) in [6.45, 7) is 5.55. The number of nitrogens with one attached hydrogen (secondary N) is 1. The largest absolute Gasteiger partial charge is 0.465 e. The Balaban J connectivity index is 1.62. The molecule has 1 aliphatic heterocycles. The number of hydrogen-bond acceptors (Lipinski definition) is 5. The number of hydrogen-bond donors (Lipinski definition) is 1. The summed E-state index contributed by atoms with van der Waals surface area (Å²) < 4.78 is 11.2. The van der Waals surface area contributed by atoms with Crippen LogP contribution >= 0.6 is 11.3 Å². The van der Waals surface area contributed by atoms with Gasteiger partial charge in [-0.3, -0.25) is 9.69 Å². The minimum atomic E-state index is -0.0927. The Morgan fingerprint density at radius 3 is 2.88 bits per heavy atom. The van der Waals surface area contributed by atoms with Crippen molar-refractivity contribution < 1.29 is 13.9 Å². The number of furan rings is 1. The van der Waals surface area contributed by atoms with E-state index in [4.69, 9.17) is 9.15 Å². The number of aryl methyl sites for hydroxylation is 1. The van der Waals surface area contributed by atoms with Gasteiger partial charge in [-0.2, -0.15) is 0 Å². The van der Waals surface area contributed by atoms with E-state index in [0.29, 0.717) is 19.8 Å². The first-order chi connectivity index (χ1) is 11.7. The van der Waals surface area contributed by atoms with Crippen LogP contribution in [0.1, 0.15) is 22.4 Å². The van der Waals surface area contributed by atoms with Crippen LogP contribution in [-0.2, 0) is 9.53 Å². The summed E-state index contributed by atoms with van der Waals surface area (Å²) >= 11 is 1.61. The van der Waals surface area contributed by atoms with Crippen LogP contribution in [0.4, 0.5) is 0 Å². The summed E-state index contributed by atoms with van der Waals surface area (Å²) in [4.78, 5) is 15.5. The third kappa shape index (κ3) is 4.56. The maximum atomic E-state index is 12.1. The van der Waals surface area contributed by atoms with Gasteiger partial charge in [0, 0.05) is 30.6 Å². The molecule has 5 nitrogen and oxygen atoms in total. The van der Waals surface area contributed by atoms with E-state index >= 15 is 0 Å². The van der Waals surface area contributed by atoms with Gasteiger partial charge in [-0.25, -0.2) is 0 Å². The topological polar surface area (TPSA) is 54.7 Å². The number of rotatable bonds is 6. The summed E-state index contributed by atoms with van der Waals surface area (Å²) in [5.41, 5.74) is 0. The van der Waals surface area contributed by atoms with E-state index in [0.717, 1.165) is 29.5 Å². The number of nitrogens with zero attached hydrogens (tertiary/aromatic N) is 1. The molecule has 128 valence electrons. The Morgan fingerprint density at radius 2 is 2.21 bits per heavy atom. The van der Waals surface area contributed by atoms with Crippen molar-refractivity contribution in [2.24, 2.45) is 0 Å². The fourth-order valence-corrected chi connectivity index (χ4v) is 3.35. The van der Waals surface area contributed by atoms with Gasteiger partial charge in [0.05, 0.1) is 19.3 Å². The highest BCUT2D eigenvalue weighted by Crippen LogP contribution is 2.23. The number of carbonyl (C=O) groups is 1. The van der Waals surface area contributed by atoms with Gasteiger partial charge in [-0.1, -0.05) is 6.07 Å². The van der Waals surface area contributed by atoms with Crippen LogP contribution in [0.15, 0.2) is 40.1 Å². The molecular formula is C18H22N2O3S. The number of carbonyl (C=O) groups excluding carboxylic acids is 1. The Bertz CT molecular complexity index is 672. The number of morpholine rings is 1. The summed E-state index contributed by atoms with van der Waals surface area (Å²) in [6, 6.07) is 7.93. The molecule has 1 amide bonds. The molecule has 1 N–H and O–H groups in total. The normalized spacial score (nSPS) is 17.2. The van der Waals surface area contributed by atoms with Crippen LogP contribution in [-0.4, -0.2) is 43.7 Å². The first-order valence-corrected chi connectivity index (χ1v) is 8.98. The molecule has 0 aromatic carbocycles. The molecule has 1 aliphatic rings. The third-order valence-corrected chi connectivity index (χ3v) is 4.83. The standard InChI is InChI=1S/C18H22N2O3S/c1-14-4-6-17(23-14)16(20-8-10-22-11-9-20)13-19-18(21)7-5-15-3-2-12-24-15/h2-7,12,16H,8-11,13H2,1H3,(H,19,21)/b7-5+. The van der Waals surface area contributed by atoms with Crippen molar-refractivity contribution in [3.05, 3.63) is 52.1 Å². The molecule has 6 heteroatoms. The third-order valence-electron chi connectivity index (χ3n) is 3.99. The van der Waals surface area contributed by atoms with Crippen LogP contribution in [0.25, 0.3) is 6.08 Å². The second kappa shape index (κ2) is 8.28. The lowest BCUT2D eigenvalue weighted by molar-refractivity contribution is -0.116. The van der Waals surface area contributed by atoms with Gasteiger partial charge < -0.3 is 14.5 Å². The molecule has 0 saturated carbocycles. The van der Waals surface area contributed by atoms with E-state index in [-0.39, 0.29) is 11.9 Å². The number of thiophene rings is 1. The minimum absolute atomic E-state index is 0.0293. The molecule has 0 bridgehead atoms. The number of amides is 1. The molecule has 2 aromatic rings. The van der Waals surface area contributed by atoms with Crippen molar-refractivity contribution in [2.75, 3.05) is 32.8 Å². The van der Waals surface area contributed by atoms with Gasteiger partial charge >= 0.3 is 0 Å². The lowest BCUT2D eigenvalue weighted by Crippen LogP contribution is -2.43. The number of ether oxygens (including phenoxy) is 1. The molecule has 1 atom stereocenters. The monoisotopic (exact) mass is 346 g/mol. The van der Waals surface area contributed by atoms with Crippen molar-refractivity contribution in [3.8, 4) is 0 Å². The van der Waals surface area contributed by atoms with E-state index in [1.54, 1.807) is 17.4 Å². The lowest BCUT2D eigenvalue weighted by atomic mass is 10.1. The van der Waals surface area contributed by atoms with Crippen molar-refractivity contribution >= 4 is 23.3 Å². The summed E-state index contributed by atoms with van der Waals surface area (Å²) in [5.74, 6) is 1.68. The maximum Gasteiger partial charge on any atom is 0.244 e. The smallest absolute Gasteiger partial charge is 0.244 e. The van der Waals surface area contributed by atoms with Gasteiger partial charge in [0.1, 0.15) is 11.5 Å². The highest BCUT2D eigenvalue weighted by Gasteiger charge is 2.25. The Hall–Kier alpha value is -1.89. The van der Waals surface area contributed by atoms with Crippen LogP contribution in [0.2, 0.25) is 0 Å². The van der Waals surface area contributed by atoms with Crippen molar-refractivity contribution in [1.82, 2.24) is 10.2 Å². The average molecular weight is 346 g/mol. The van der Waals surface area contributed by atoms with E-state index in [1.165, 1.54) is 0 Å². The molecule has 1 saturated heterocycles. The molecule has 0 aliphatic carbocycles. The summed E-state index contributed by atoms with van der Waals surface area (Å²) in [7, 11) is 0. The average Bonchev–Trinajstić information content (AvgIpc) is 3.26. The zero-order chi connectivity index (χ0) is 16.8. The van der Waals surface area contributed by atoms with Crippen LogP contribution in [0.5, 0.6) is 0 Å². The predicted octanol–water partition coefficient (Wildman–Crippen LogP) is 2.85. The molecule has 1 fully saturated rings. The zero-order valence-electron chi connectivity index (χ0n) is 13.7. The highest BCUT2D eigenvalue weighted by atomic mass is 32.1. The molecule has 2 aromatic heterocycles. The predicted molar refractivity (Wildman–Crippen MR) is 94.9 cm³/mol. The molecular weight excluding hydrogens is 324 g/mol. The lowest BCUT2D eigenvalue weighted by Gasteiger charge is -2.33. The van der Waals surface area contributed by atoms with Gasteiger partial charge in [-0.05, 0) is 36.6 Å². The summed E-state index contributed by atoms with van der Waals surface area (Å²) in [5, 5.41) is 4.98. The maximum absolute atomic E-state index is 12.1. The van der Waals surface area contributed by atoms with E-state index < -0.39 is 0 Å². The van der Waals surface area contributed by atoms with Crippen molar-refractivity contribution in [2.45, 2.75) is 13.0 Å². The van der Waals surface area contributed by atoms with E-state index in [1.807, 2.05) is 42.6 Å². The Kier molecular flexibility index (Phi) is 5.85. The first-order valence-electron chi connectivity index (χ1n) is 8.10. The SMILES string of the molecule is Cc1ccc(C(CNC(=O)/C=C/c2cccs2)N2CCOCC2)o1. The molecule has 3 heterocycles. The molecule has 1 unspecified atom stereocenters. The van der Waals surface area contributed by atoms with Crippen molar-refractivity contribution in [1.29, 1.82) is 0 Å². The van der Waals surface area contributed by atoms with Gasteiger partial charge in [0.25, 0.3) is 0 Å². The highest BCUT2D eigenvalue weighted by molar-refractivity contribution is 7.10. The Morgan fingerprint density at radius 1 is 1.38 bits per heavy atom. The van der Waals surface area contributed by atoms with Gasteiger partial charge in [-0.15, -0.1) is 11.3 Å². The second-order valence-electron chi connectivity index (χ2n) is 5.71. The van der Waals surface area contributed by atoms with Crippen molar-refractivity contribution in [3.63, 3.8) is 0 Å². The van der Waals surface area contributed by atoms with Crippen LogP contribution < -0.4 is 5.32 Å². The quantitative estimate of drug-likeness (QED) is 0.817. The fourth-order valence-electron chi connectivity index (χ4n) is 2.73. The molecule has 0 radical (unpaired) electrons. The molecule has 24 heavy (non-hydrogen) atoms. The fraction of sp³-hybridized carbons (Fsp3) is 0.389. The summed E-state index contributed by atoms with van der Waals surface area (Å²) in [6.07, 6.45) is 3.41. The first kappa shape index (κ1) is 17.0. The van der Waals surface area contributed by atoms with Gasteiger partial charge in [0.15, 0.2) is 0 Å². The van der Waals surface area contributed by atoms with Gasteiger partial charge in [0.2, 0.25) is 5.91 Å². The van der Waals surface area contributed by atoms with E-state index in [2.05, 4.69) is 10.2 Å². The zero-order valence-corrected chi connectivity index (χ0v) is 14.6. The molecule has 3 rings (SSSR count). The minimum Gasteiger partial charge on any atom is -0.465 e. The van der Waals surface area contributed by atoms with E-state index in [9.17, 15) is 4.79 Å². The second-order valence-corrected chi connectivity index (χ2v) is 6.69. The Labute approximate surface area is 145 Å². The van der Waals surface area contributed by atoms with Crippen LogP contribution in [0, 0.1) is 6.92 Å².